The topological polar surface area (TPSA) is 74.2 Å². The summed E-state index contributed by atoms with van der Waals surface area (Å²) in [6.07, 6.45) is 0.781. The molecule has 0 bridgehead atoms. The molecule has 1 aromatic heterocycles. The van der Waals surface area contributed by atoms with Crippen LogP contribution in [-0.4, -0.2) is 16.2 Å². The first kappa shape index (κ1) is 13.8. The highest BCUT2D eigenvalue weighted by molar-refractivity contribution is 6.32. The maximum Gasteiger partial charge on any atom is 0.253 e. The highest BCUT2D eigenvalue weighted by Gasteiger charge is 2.07. The van der Waals surface area contributed by atoms with Crippen molar-refractivity contribution in [1.82, 2.24) is 10.2 Å². The number of rotatable bonds is 5. The lowest BCUT2D eigenvalue weighted by Crippen LogP contribution is -2.17. The summed E-state index contributed by atoms with van der Waals surface area (Å²) in [5, 5.41) is 8.12. The highest BCUT2D eigenvalue weighted by atomic mass is 35.5. The molecular weight excluding hydrogens is 266 g/mol. The largest absolute Gasteiger partial charge is 0.482 e. The zero-order chi connectivity index (χ0) is 13.8. The summed E-state index contributed by atoms with van der Waals surface area (Å²) in [6, 6.07) is 5.73. The molecule has 2 rings (SSSR count). The summed E-state index contributed by atoms with van der Waals surface area (Å²) in [4.78, 5) is 0. The number of halogens is 1. The Morgan fingerprint density at radius 3 is 2.79 bits per heavy atom. The quantitative estimate of drug-likeness (QED) is 0.911. The van der Waals surface area contributed by atoms with Gasteiger partial charge in [-0.2, -0.15) is 0 Å². The molecule has 0 spiro atoms. The van der Waals surface area contributed by atoms with E-state index in [9.17, 15) is 0 Å². The maximum atomic E-state index is 6.15. The Balaban J connectivity index is 2.00. The lowest BCUT2D eigenvalue weighted by Gasteiger charge is -2.09. The smallest absolute Gasteiger partial charge is 0.253 e. The summed E-state index contributed by atoms with van der Waals surface area (Å²) in [5.74, 6) is 1.52. The summed E-state index contributed by atoms with van der Waals surface area (Å²) in [6.45, 7) is 3.88. The fourth-order valence-electron chi connectivity index (χ4n) is 1.70. The van der Waals surface area contributed by atoms with Gasteiger partial charge in [-0.1, -0.05) is 17.7 Å². The lowest BCUT2D eigenvalue weighted by molar-refractivity contribution is 0.260. The number of nitrogens with two attached hydrogens (primary N) is 1. The van der Waals surface area contributed by atoms with Gasteiger partial charge < -0.3 is 14.9 Å². The van der Waals surface area contributed by atoms with Gasteiger partial charge in [-0.25, -0.2) is 0 Å². The van der Waals surface area contributed by atoms with Crippen LogP contribution in [0.25, 0.3) is 0 Å². The maximum absolute atomic E-state index is 6.15. The van der Waals surface area contributed by atoms with Gasteiger partial charge >= 0.3 is 0 Å². The molecule has 1 heterocycles. The Labute approximate surface area is 116 Å². The van der Waals surface area contributed by atoms with E-state index in [0.29, 0.717) is 22.6 Å². The number of ether oxygens (including phenoxy) is 1. The van der Waals surface area contributed by atoms with Crippen molar-refractivity contribution < 1.29 is 9.15 Å². The molecule has 1 atom stereocenters. The first-order chi connectivity index (χ1) is 9.04. The normalized spacial score (nSPS) is 12.4. The minimum absolute atomic E-state index is 0.101. The van der Waals surface area contributed by atoms with E-state index in [1.54, 1.807) is 6.92 Å². The molecule has 0 aliphatic heterocycles. The van der Waals surface area contributed by atoms with Crippen LogP contribution in [0.1, 0.15) is 24.3 Å². The molecule has 0 aliphatic rings. The summed E-state index contributed by atoms with van der Waals surface area (Å²) in [7, 11) is 0. The van der Waals surface area contributed by atoms with Crippen molar-refractivity contribution in [3.63, 3.8) is 0 Å². The second-order valence-electron chi connectivity index (χ2n) is 4.45. The highest BCUT2D eigenvalue weighted by Crippen LogP contribution is 2.26. The second kappa shape index (κ2) is 6.04. The number of nitrogens with zero attached hydrogens (tertiary/aromatic N) is 2. The molecular formula is C13H16ClN3O2. The number of benzene rings is 1. The fraction of sp³-hybridized carbons (Fsp3) is 0.385. The molecule has 2 N–H and O–H groups in total. The van der Waals surface area contributed by atoms with Crippen LogP contribution in [0.4, 0.5) is 0 Å². The lowest BCUT2D eigenvalue weighted by atomic mass is 10.1. The fourth-order valence-corrected chi connectivity index (χ4v) is 1.95. The van der Waals surface area contributed by atoms with Crippen LogP contribution >= 0.6 is 11.6 Å². The van der Waals surface area contributed by atoms with Crippen LogP contribution in [0.5, 0.6) is 5.75 Å². The van der Waals surface area contributed by atoms with Gasteiger partial charge in [0.1, 0.15) is 5.75 Å². The molecule has 5 nitrogen and oxygen atoms in total. The molecule has 0 aliphatic carbocycles. The Hall–Kier alpha value is -1.59. The first-order valence-corrected chi connectivity index (χ1v) is 6.38. The van der Waals surface area contributed by atoms with E-state index in [1.807, 2.05) is 25.1 Å². The number of hydrogen-bond donors (Lipinski definition) is 1. The molecule has 0 fully saturated rings. The zero-order valence-electron chi connectivity index (χ0n) is 10.9. The summed E-state index contributed by atoms with van der Waals surface area (Å²) < 4.78 is 10.8. The van der Waals surface area contributed by atoms with Crippen molar-refractivity contribution in [3.05, 3.63) is 40.6 Å². The van der Waals surface area contributed by atoms with Crippen molar-refractivity contribution in [2.24, 2.45) is 5.73 Å². The van der Waals surface area contributed by atoms with Gasteiger partial charge in [0.05, 0.1) is 5.02 Å². The Kier molecular flexibility index (Phi) is 4.39. The Morgan fingerprint density at radius 2 is 2.21 bits per heavy atom. The van der Waals surface area contributed by atoms with Gasteiger partial charge in [0.25, 0.3) is 5.89 Å². The third-order valence-electron chi connectivity index (χ3n) is 2.47. The number of hydrogen-bond acceptors (Lipinski definition) is 5. The molecule has 0 saturated carbocycles. The minimum atomic E-state index is 0.101. The van der Waals surface area contributed by atoms with Gasteiger partial charge in [0.2, 0.25) is 5.89 Å². The molecule has 2 aromatic rings. The molecule has 19 heavy (non-hydrogen) atoms. The van der Waals surface area contributed by atoms with Gasteiger partial charge in [-0.05, 0) is 31.0 Å². The van der Waals surface area contributed by atoms with Crippen molar-refractivity contribution >= 4 is 11.6 Å². The molecule has 102 valence electrons. The monoisotopic (exact) mass is 281 g/mol. The molecule has 0 radical (unpaired) electrons. The van der Waals surface area contributed by atoms with E-state index in [-0.39, 0.29) is 12.6 Å². The molecule has 1 aromatic carbocycles. The molecule has 6 heteroatoms. The van der Waals surface area contributed by atoms with E-state index in [1.165, 1.54) is 0 Å². The minimum Gasteiger partial charge on any atom is -0.482 e. The van der Waals surface area contributed by atoms with Crippen LogP contribution in [0.2, 0.25) is 5.02 Å². The predicted octanol–water partition coefficient (Wildman–Crippen LogP) is 2.50. The first-order valence-electron chi connectivity index (χ1n) is 6.00. The predicted molar refractivity (Wildman–Crippen MR) is 72.2 cm³/mol. The average Bonchev–Trinajstić information content (AvgIpc) is 2.73. The molecule has 0 amide bonds. The molecule has 1 unspecified atom stereocenters. The Morgan fingerprint density at radius 1 is 1.42 bits per heavy atom. The van der Waals surface area contributed by atoms with Gasteiger partial charge in [0, 0.05) is 13.0 Å². The standard InChI is InChI=1S/C13H16ClN3O2/c1-8(15)5-10-3-4-12(11(14)6-10)18-7-13-17-16-9(2)19-13/h3-4,6,8H,5,7,15H2,1-2H3. The van der Waals surface area contributed by atoms with Crippen LogP contribution in [-0.2, 0) is 13.0 Å². The van der Waals surface area contributed by atoms with Crippen LogP contribution in [0.15, 0.2) is 22.6 Å². The molecule has 0 saturated heterocycles. The second-order valence-corrected chi connectivity index (χ2v) is 4.86. The van der Waals surface area contributed by atoms with Gasteiger partial charge in [-0.3, -0.25) is 0 Å². The van der Waals surface area contributed by atoms with E-state index >= 15 is 0 Å². The van der Waals surface area contributed by atoms with Gasteiger partial charge in [0.15, 0.2) is 6.61 Å². The van der Waals surface area contributed by atoms with Crippen molar-refractivity contribution in [2.45, 2.75) is 32.9 Å². The SMILES string of the molecule is Cc1nnc(COc2ccc(CC(C)N)cc2Cl)o1. The summed E-state index contributed by atoms with van der Waals surface area (Å²) in [5.41, 5.74) is 6.83. The van der Waals surface area contributed by atoms with E-state index in [2.05, 4.69) is 10.2 Å². The number of aryl methyl sites for hydroxylation is 1. The van der Waals surface area contributed by atoms with E-state index in [0.717, 1.165) is 12.0 Å². The Bertz CT molecular complexity index is 555. The number of aromatic nitrogens is 2. The van der Waals surface area contributed by atoms with Gasteiger partial charge in [-0.15, -0.1) is 10.2 Å². The third-order valence-corrected chi connectivity index (χ3v) is 2.77. The third kappa shape index (κ3) is 3.94. The zero-order valence-corrected chi connectivity index (χ0v) is 11.6. The summed E-state index contributed by atoms with van der Waals surface area (Å²) >= 11 is 6.15. The van der Waals surface area contributed by atoms with Crippen LogP contribution < -0.4 is 10.5 Å². The van der Waals surface area contributed by atoms with Crippen LogP contribution in [0, 0.1) is 6.92 Å². The van der Waals surface area contributed by atoms with Crippen molar-refractivity contribution in [2.75, 3.05) is 0 Å². The van der Waals surface area contributed by atoms with Crippen LogP contribution in [0.3, 0.4) is 0 Å². The van der Waals surface area contributed by atoms with Crippen molar-refractivity contribution in [3.8, 4) is 5.75 Å². The van der Waals surface area contributed by atoms with Crippen molar-refractivity contribution in [1.29, 1.82) is 0 Å². The average molecular weight is 282 g/mol. The van der Waals surface area contributed by atoms with E-state index in [4.69, 9.17) is 26.5 Å². The van der Waals surface area contributed by atoms with E-state index < -0.39 is 0 Å².